The molecule has 0 bridgehead atoms. The number of halogens is 3. The summed E-state index contributed by atoms with van der Waals surface area (Å²) in [6.45, 7) is 1.39. The van der Waals surface area contributed by atoms with E-state index in [1.165, 1.54) is 13.0 Å². The number of hydrogen-bond acceptors (Lipinski definition) is 5. The van der Waals surface area contributed by atoms with Gasteiger partial charge in [-0.1, -0.05) is 0 Å². The Balaban J connectivity index is 3.16. The number of aromatic nitrogens is 2. The molecule has 1 aromatic rings. The fraction of sp³-hybridized carbons (Fsp3) is 0.222. The summed E-state index contributed by atoms with van der Waals surface area (Å²) in [7, 11) is 0. The summed E-state index contributed by atoms with van der Waals surface area (Å²) >= 11 is 0. The number of alkyl halides is 3. The predicted molar refractivity (Wildman–Crippen MR) is 54.6 cm³/mol. The summed E-state index contributed by atoms with van der Waals surface area (Å²) in [5.41, 5.74) is 4.07. The SMILES string of the molecule is C/C(=C\C=N)Oc1nc(N)ncc1C(F)(F)F. The highest BCUT2D eigenvalue weighted by molar-refractivity contribution is 5.68. The van der Waals surface area contributed by atoms with Crippen LogP contribution in [0.1, 0.15) is 12.5 Å². The summed E-state index contributed by atoms with van der Waals surface area (Å²) in [5, 5.41) is 6.76. The lowest BCUT2D eigenvalue weighted by Gasteiger charge is -2.12. The van der Waals surface area contributed by atoms with Gasteiger partial charge in [-0.2, -0.15) is 18.2 Å². The van der Waals surface area contributed by atoms with E-state index in [0.29, 0.717) is 6.20 Å². The second-order valence-corrected chi connectivity index (χ2v) is 2.99. The van der Waals surface area contributed by atoms with Crippen molar-refractivity contribution < 1.29 is 17.9 Å². The largest absolute Gasteiger partial charge is 0.443 e. The minimum Gasteiger partial charge on any atom is -0.443 e. The van der Waals surface area contributed by atoms with Gasteiger partial charge in [-0.05, 0) is 13.0 Å². The van der Waals surface area contributed by atoms with Gasteiger partial charge in [-0.15, -0.1) is 0 Å². The van der Waals surface area contributed by atoms with Gasteiger partial charge < -0.3 is 15.9 Å². The average Bonchev–Trinajstić information content (AvgIpc) is 2.15. The second kappa shape index (κ2) is 4.81. The molecule has 0 amide bonds. The Labute approximate surface area is 94.6 Å². The Morgan fingerprint density at radius 1 is 1.53 bits per heavy atom. The van der Waals surface area contributed by atoms with Gasteiger partial charge in [0.05, 0.1) is 0 Å². The zero-order valence-corrected chi connectivity index (χ0v) is 8.75. The van der Waals surface area contributed by atoms with Gasteiger partial charge in [0.15, 0.2) is 0 Å². The van der Waals surface area contributed by atoms with Crippen LogP contribution in [0.5, 0.6) is 5.88 Å². The highest BCUT2D eigenvalue weighted by atomic mass is 19.4. The molecule has 3 N–H and O–H groups in total. The number of allylic oxidation sites excluding steroid dienone is 2. The molecule has 0 aliphatic carbocycles. The molecule has 0 aromatic carbocycles. The third kappa shape index (κ3) is 3.44. The topological polar surface area (TPSA) is 84.9 Å². The number of anilines is 1. The molecule has 17 heavy (non-hydrogen) atoms. The number of rotatable bonds is 3. The van der Waals surface area contributed by atoms with Gasteiger partial charge in [0.25, 0.3) is 0 Å². The lowest BCUT2D eigenvalue weighted by Crippen LogP contribution is -2.11. The van der Waals surface area contributed by atoms with Crippen molar-refractivity contribution in [3.05, 3.63) is 23.6 Å². The molecule has 1 aromatic heterocycles. The first-order valence-electron chi connectivity index (χ1n) is 4.39. The first kappa shape index (κ1) is 12.9. The maximum absolute atomic E-state index is 12.6. The predicted octanol–water partition coefficient (Wildman–Crippen LogP) is 2.01. The lowest BCUT2D eigenvalue weighted by molar-refractivity contribution is -0.139. The lowest BCUT2D eigenvalue weighted by atomic mass is 10.3. The fourth-order valence-corrected chi connectivity index (χ4v) is 0.955. The summed E-state index contributed by atoms with van der Waals surface area (Å²) in [6.07, 6.45) is -2.02. The molecule has 1 rings (SSSR count). The fourth-order valence-electron chi connectivity index (χ4n) is 0.955. The van der Waals surface area contributed by atoms with Crippen molar-refractivity contribution in [2.75, 3.05) is 5.73 Å². The van der Waals surface area contributed by atoms with E-state index in [0.717, 1.165) is 6.21 Å². The van der Waals surface area contributed by atoms with E-state index >= 15 is 0 Å². The molecule has 0 fully saturated rings. The highest BCUT2D eigenvalue weighted by Crippen LogP contribution is 2.35. The molecular weight excluding hydrogens is 237 g/mol. The van der Waals surface area contributed by atoms with Crippen LogP contribution >= 0.6 is 0 Å². The molecule has 0 unspecified atom stereocenters. The number of nitrogens with zero attached hydrogens (tertiary/aromatic N) is 2. The molecular formula is C9H9F3N4O. The van der Waals surface area contributed by atoms with Crippen LogP contribution in [0.4, 0.5) is 19.1 Å². The summed E-state index contributed by atoms with van der Waals surface area (Å²) < 4.78 is 42.5. The molecule has 0 spiro atoms. The Morgan fingerprint density at radius 3 is 2.71 bits per heavy atom. The molecule has 0 aliphatic heterocycles. The zero-order valence-electron chi connectivity index (χ0n) is 8.75. The van der Waals surface area contributed by atoms with Gasteiger partial charge in [0.2, 0.25) is 11.8 Å². The second-order valence-electron chi connectivity index (χ2n) is 2.99. The Morgan fingerprint density at radius 2 is 2.18 bits per heavy atom. The van der Waals surface area contributed by atoms with Gasteiger partial charge in [0, 0.05) is 12.4 Å². The Hall–Kier alpha value is -2.12. The quantitative estimate of drug-likeness (QED) is 0.631. The van der Waals surface area contributed by atoms with E-state index in [2.05, 4.69) is 9.97 Å². The number of ether oxygens (including phenoxy) is 1. The first-order valence-corrected chi connectivity index (χ1v) is 4.39. The van der Waals surface area contributed by atoms with E-state index in [1.807, 2.05) is 0 Å². The molecule has 92 valence electrons. The molecule has 5 nitrogen and oxygen atoms in total. The minimum absolute atomic E-state index is 0.0867. The van der Waals surface area contributed by atoms with Crippen molar-refractivity contribution in [1.29, 1.82) is 5.41 Å². The molecule has 0 atom stereocenters. The Kier molecular flexibility index (Phi) is 3.66. The number of nitrogens with two attached hydrogens (primary N) is 1. The van der Waals surface area contributed by atoms with Crippen LogP contribution in [0, 0.1) is 5.41 Å². The molecule has 0 saturated heterocycles. The van der Waals surface area contributed by atoms with E-state index < -0.39 is 17.6 Å². The third-order valence-corrected chi connectivity index (χ3v) is 1.65. The summed E-state index contributed by atoms with van der Waals surface area (Å²) in [4.78, 5) is 6.63. The van der Waals surface area contributed by atoms with Crippen molar-refractivity contribution in [1.82, 2.24) is 9.97 Å². The number of nitrogen functional groups attached to an aromatic ring is 1. The van der Waals surface area contributed by atoms with Gasteiger partial charge >= 0.3 is 6.18 Å². The van der Waals surface area contributed by atoms with Crippen molar-refractivity contribution in [3.63, 3.8) is 0 Å². The molecule has 0 radical (unpaired) electrons. The average molecular weight is 246 g/mol. The van der Waals surface area contributed by atoms with Crippen LogP contribution in [0.2, 0.25) is 0 Å². The maximum Gasteiger partial charge on any atom is 0.423 e. The van der Waals surface area contributed by atoms with E-state index in [-0.39, 0.29) is 11.7 Å². The third-order valence-electron chi connectivity index (χ3n) is 1.65. The van der Waals surface area contributed by atoms with Crippen molar-refractivity contribution in [2.45, 2.75) is 13.1 Å². The van der Waals surface area contributed by atoms with Crippen molar-refractivity contribution in [2.24, 2.45) is 0 Å². The monoisotopic (exact) mass is 246 g/mol. The molecule has 0 aliphatic rings. The molecule has 0 saturated carbocycles. The standard InChI is InChI=1S/C9H9F3N4O/c1-5(2-3-13)17-7-6(9(10,11)12)4-15-8(14)16-7/h2-4,13H,1H3,(H2,14,15,16)/b5-2+,13-3?. The van der Waals surface area contributed by atoms with E-state index in [9.17, 15) is 13.2 Å². The summed E-state index contributed by atoms with van der Waals surface area (Å²) in [5.74, 6) is -0.917. The van der Waals surface area contributed by atoms with Gasteiger partial charge in [0.1, 0.15) is 11.3 Å². The number of nitrogens with one attached hydrogen (secondary N) is 1. The maximum atomic E-state index is 12.6. The van der Waals surface area contributed by atoms with Crippen LogP contribution in [0.3, 0.4) is 0 Å². The summed E-state index contributed by atoms with van der Waals surface area (Å²) in [6, 6.07) is 0. The van der Waals surface area contributed by atoms with Gasteiger partial charge in [-0.3, -0.25) is 0 Å². The van der Waals surface area contributed by atoms with Crippen LogP contribution in [0.15, 0.2) is 18.0 Å². The van der Waals surface area contributed by atoms with E-state index in [1.54, 1.807) is 0 Å². The first-order chi connectivity index (χ1) is 7.84. The zero-order chi connectivity index (χ0) is 13.1. The smallest absolute Gasteiger partial charge is 0.423 e. The van der Waals surface area contributed by atoms with E-state index in [4.69, 9.17) is 15.9 Å². The van der Waals surface area contributed by atoms with Crippen molar-refractivity contribution in [3.8, 4) is 5.88 Å². The van der Waals surface area contributed by atoms with Gasteiger partial charge in [-0.25, -0.2) is 4.98 Å². The molecule has 8 heteroatoms. The number of hydrogen-bond donors (Lipinski definition) is 2. The van der Waals surface area contributed by atoms with Crippen molar-refractivity contribution >= 4 is 12.2 Å². The molecule has 1 heterocycles. The highest BCUT2D eigenvalue weighted by Gasteiger charge is 2.36. The van der Waals surface area contributed by atoms with Crippen LogP contribution in [-0.2, 0) is 6.18 Å². The normalized spacial score (nSPS) is 12.4. The minimum atomic E-state index is -4.63. The van der Waals surface area contributed by atoms with Crippen LogP contribution in [0.25, 0.3) is 0 Å². The van der Waals surface area contributed by atoms with Crippen LogP contribution < -0.4 is 10.5 Å². The van der Waals surface area contributed by atoms with Crippen LogP contribution in [-0.4, -0.2) is 16.2 Å². The Bertz CT molecular complexity index is 456.